The highest BCUT2D eigenvalue weighted by atomic mass is 19.1. The number of aliphatic hydroxyl groups is 2. The van der Waals surface area contributed by atoms with Gasteiger partial charge in [0.1, 0.15) is 6.17 Å². The maximum atomic E-state index is 14.2. The minimum Gasteiger partial charge on any atom is -0.390 e. The first-order chi connectivity index (χ1) is 15.0. The van der Waals surface area contributed by atoms with E-state index in [1.807, 2.05) is 0 Å². The van der Waals surface area contributed by atoms with Gasteiger partial charge >= 0.3 is 0 Å². The van der Waals surface area contributed by atoms with Gasteiger partial charge in [-0.1, -0.05) is 59.6 Å². The molecular formula is C29H49FO2. The van der Waals surface area contributed by atoms with Crippen molar-refractivity contribution in [2.24, 2.45) is 52.3 Å². The van der Waals surface area contributed by atoms with Crippen molar-refractivity contribution in [3.63, 3.8) is 0 Å². The van der Waals surface area contributed by atoms with Crippen molar-refractivity contribution in [3.05, 3.63) is 11.6 Å². The number of halogens is 1. The third kappa shape index (κ3) is 3.82. The summed E-state index contributed by atoms with van der Waals surface area (Å²) in [4.78, 5) is 0. The average molecular weight is 449 g/mol. The molecule has 3 saturated carbocycles. The highest BCUT2D eigenvalue weighted by Gasteiger charge is 2.60. The second-order valence-electron chi connectivity index (χ2n) is 13.0. The van der Waals surface area contributed by atoms with Crippen LogP contribution >= 0.6 is 0 Å². The van der Waals surface area contributed by atoms with Gasteiger partial charge in [-0.25, -0.2) is 4.39 Å². The quantitative estimate of drug-likeness (QED) is 0.432. The fourth-order valence-electron chi connectivity index (χ4n) is 9.43. The Hall–Kier alpha value is -0.410. The van der Waals surface area contributed by atoms with E-state index in [0.717, 1.165) is 25.7 Å². The van der Waals surface area contributed by atoms with Crippen molar-refractivity contribution in [1.29, 1.82) is 0 Å². The number of rotatable bonds is 6. The van der Waals surface area contributed by atoms with E-state index in [9.17, 15) is 14.6 Å². The third-order valence-corrected chi connectivity index (χ3v) is 11.4. The summed E-state index contributed by atoms with van der Waals surface area (Å²) in [5.74, 6) is 3.23. The van der Waals surface area contributed by atoms with Gasteiger partial charge in [0.05, 0.1) is 12.2 Å². The van der Waals surface area contributed by atoms with E-state index >= 15 is 0 Å². The summed E-state index contributed by atoms with van der Waals surface area (Å²) in [6, 6.07) is 0. The molecule has 3 fully saturated rings. The summed E-state index contributed by atoms with van der Waals surface area (Å²) in [6.07, 6.45) is 9.86. The van der Waals surface area contributed by atoms with Crippen LogP contribution in [0.2, 0.25) is 0 Å². The molecule has 3 heteroatoms. The van der Waals surface area contributed by atoms with Gasteiger partial charge in [-0.2, -0.15) is 0 Å². The van der Waals surface area contributed by atoms with E-state index < -0.39 is 18.4 Å². The van der Waals surface area contributed by atoms with Crippen molar-refractivity contribution in [2.75, 3.05) is 0 Å². The van der Waals surface area contributed by atoms with Crippen LogP contribution in [0, 0.1) is 52.3 Å². The molecule has 0 aromatic carbocycles. The first-order valence-electron chi connectivity index (χ1n) is 13.7. The van der Waals surface area contributed by atoms with Gasteiger partial charge in [-0.15, -0.1) is 0 Å². The number of alkyl halides is 1. The Kier molecular flexibility index (Phi) is 6.94. The summed E-state index contributed by atoms with van der Waals surface area (Å²) < 4.78 is 14.2. The monoisotopic (exact) mass is 448 g/mol. The number of hydrogen-bond donors (Lipinski definition) is 2. The number of hydrogen-bond acceptors (Lipinski definition) is 2. The highest BCUT2D eigenvalue weighted by Crippen LogP contribution is 2.67. The lowest BCUT2D eigenvalue weighted by atomic mass is 9.47. The zero-order valence-corrected chi connectivity index (χ0v) is 21.5. The topological polar surface area (TPSA) is 40.5 Å². The Morgan fingerprint density at radius 2 is 1.72 bits per heavy atom. The van der Waals surface area contributed by atoms with Gasteiger partial charge in [0.15, 0.2) is 0 Å². The first kappa shape index (κ1) is 24.7. The lowest BCUT2D eigenvalue weighted by molar-refractivity contribution is -0.0985. The molecule has 0 bridgehead atoms. The molecule has 4 rings (SSSR count). The summed E-state index contributed by atoms with van der Waals surface area (Å²) >= 11 is 0. The van der Waals surface area contributed by atoms with Gasteiger partial charge in [0, 0.05) is 6.42 Å². The van der Waals surface area contributed by atoms with E-state index in [1.165, 1.54) is 31.3 Å². The minimum atomic E-state index is -0.643. The van der Waals surface area contributed by atoms with Crippen LogP contribution in [0.5, 0.6) is 0 Å². The number of aliphatic hydroxyl groups excluding tert-OH is 2. The Balaban J connectivity index is 1.53. The normalized spacial score (nSPS) is 45.3. The highest BCUT2D eigenvalue weighted by molar-refractivity contribution is 5.25. The van der Waals surface area contributed by atoms with E-state index in [1.54, 1.807) is 0 Å². The molecule has 0 heterocycles. The predicted octanol–water partition coefficient (Wildman–Crippen LogP) is 6.94. The summed E-state index contributed by atoms with van der Waals surface area (Å²) in [6.45, 7) is 13.6. The predicted molar refractivity (Wildman–Crippen MR) is 130 cm³/mol. The SMILES string of the molecule is CC[C@@H](C(C)C)[C@H](O)[C@@H](O)[C@@H](C)[C@H]1CC[C@H]2[C@@H]3CC=C4C[C@@H](F)CC[C@]4(C)[C@H]3CC[C@]12C. The number of allylic oxidation sites excluding steroid dienone is 2. The molecule has 0 spiro atoms. The molecule has 0 aromatic rings. The molecule has 0 amide bonds. The molecule has 2 nitrogen and oxygen atoms in total. The van der Waals surface area contributed by atoms with Gasteiger partial charge in [0.2, 0.25) is 0 Å². The molecule has 32 heavy (non-hydrogen) atoms. The first-order valence-corrected chi connectivity index (χ1v) is 13.7. The van der Waals surface area contributed by atoms with Gasteiger partial charge in [-0.3, -0.25) is 0 Å². The van der Waals surface area contributed by atoms with Crippen LogP contribution in [0.15, 0.2) is 11.6 Å². The molecule has 0 saturated heterocycles. The van der Waals surface area contributed by atoms with Crippen molar-refractivity contribution < 1.29 is 14.6 Å². The van der Waals surface area contributed by atoms with Gasteiger partial charge < -0.3 is 10.2 Å². The molecule has 11 atom stereocenters. The molecule has 0 aromatic heterocycles. The molecule has 0 aliphatic heterocycles. The second-order valence-corrected chi connectivity index (χ2v) is 13.0. The Bertz CT molecular complexity index is 703. The fraction of sp³-hybridized carbons (Fsp3) is 0.931. The molecule has 0 unspecified atom stereocenters. The zero-order chi connectivity index (χ0) is 23.4. The molecule has 184 valence electrons. The van der Waals surface area contributed by atoms with Crippen molar-refractivity contribution >= 4 is 0 Å². The van der Waals surface area contributed by atoms with E-state index in [4.69, 9.17) is 0 Å². The average Bonchev–Trinajstić information content (AvgIpc) is 3.10. The van der Waals surface area contributed by atoms with Crippen molar-refractivity contribution in [1.82, 2.24) is 0 Å². The van der Waals surface area contributed by atoms with Crippen molar-refractivity contribution in [3.8, 4) is 0 Å². The summed E-state index contributed by atoms with van der Waals surface area (Å²) in [5, 5.41) is 22.3. The van der Waals surface area contributed by atoms with E-state index in [0.29, 0.717) is 36.0 Å². The minimum absolute atomic E-state index is 0.122. The van der Waals surface area contributed by atoms with Crippen LogP contribution in [-0.4, -0.2) is 28.6 Å². The molecule has 2 N–H and O–H groups in total. The van der Waals surface area contributed by atoms with Gasteiger partial charge in [-0.05, 0) is 97.2 Å². The van der Waals surface area contributed by atoms with Crippen LogP contribution in [0.1, 0.15) is 99.3 Å². The van der Waals surface area contributed by atoms with Crippen LogP contribution in [0.25, 0.3) is 0 Å². The number of fused-ring (bicyclic) bond motifs is 5. The maximum absolute atomic E-state index is 14.2. The van der Waals surface area contributed by atoms with Crippen LogP contribution in [0.4, 0.5) is 4.39 Å². The summed E-state index contributed by atoms with van der Waals surface area (Å²) in [5.41, 5.74) is 1.87. The van der Waals surface area contributed by atoms with Crippen LogP contribution in [-0.2, 0) is 0 Å². The summed E-state index contributed by atoms with van der Waals surface area (Å²) in [7, 11) is 0. The smallest absolute Gasteiger partial charge is 0.104 e. The van der Waals surface area contributed by atoms with E-state index in [-0.39, 0.29) is 22.7 Å². The van der Waals surface area contributed by atoms with E-state index in [2.05, 4.69) is 47.6 Å². The Morgan fingerprint density at radius 3 is 2.38 bits per heavy atom. The zero-order valence-electron chi connectivity index (χ0n) is 21.5. The lowest BCUT2D eigenvalue weighted by Gasteiger charge is -2.58. The van der Waals surface area contributed by atoms with Crippen LogP contribution < -0.4 is 0 Å². The Labute approximate surface area is 196 Å². The maximum Gasteiger partial charge on any atom is 0.104 e. The molecule has 0 radical (unpaired) electrons. The fourth-order valence-corrected chi connectivity index (χ4v) is 9.43. The molecular weight excluding hydrogens is 399 g/mol. The lowest BCUT2D eigenvalue weighted by Crippen LogP contribution is -2.52. The van der Waals surface area contributed by atoms with Crippen LogP contribution in [0.3, 0.4) is 0 Å². The van der Waals surface area contributed by atoms with Crippen molar-refractivity contribution in [2.45, 2.75) is 118 Å². The molecule has 4 aliphatic rings. The second kappa shape index (κ2) is 8.99. The Morgan fingerprint density at radius 1 is 1.00 bits per heavy atom. The largest absolute Gasteiger partial charge is 0.390 e. The van der Waals surface area contributed by atoms with Gasteiger partial charge in [0.25, 0.3) is 0 Å². The molecule has 4 aliphatic carbocycles. The third-order valence-electron chi connectivity index (χ3n) is 11.4. The standard InChI is InChI=1S/C29H49FO2/c1-7-21(17(2)3)27(32)26(31)18(4)23-10-11-24-22-9-8-19-16-20(30)12-14-28(19,5)25(22)13-15-29(23,24)6/h8,17-18,20-27,31-32H,7,9-16H2,1-6H3/t18-,20-,21-,22-,23+,24-,25-,26-,27-,28-,29+/m0/s1.